The number of para-hydroxylation sites is 3. The van der Waals surface area contributed by atoms with Gasteiger partial charge in [-0.05, 0) is 72.8 Å². The highest BCUT2D eigenvalue weighted by molar-refractivity contribution is 8.02. The molecule has 5 aromatic carbocycles. The van der Waals surface area contributed by atoms with Gasteiger partial charge in [0.1, 0.15) is 23.0 Å². The minimum Gasteiger partial charge on any atom is -0.457 e. The van der Waals surface area contributed by atoms with Gasteiger partial charge >= 0.3 is 0 Å². The second kappa shape index (κ2) is 11.0. The van der Waals surface area contributed by atoms with Gasteiger partial charge in [-0.3, -0.25) is 0 Å². The number of rotatable bonds is 8. The van der Waals surface area contributed by atoms with E-state index < -0.39 is 0 Å². The van der Waals surface area contributed by atoms with E-state index in [-0.39, 0.29) is 0 Å². The standard InChI is InChI=1S/C30H22O2S2/c1-3-11-23(12-4-1)31-25-19-21-26(22-20-25)33-29-17-9-10-18-30(29)34-28-16-8-7-15-27(28)32-24-13-5-2-6-14-24/h1-22H. The highest BCUT2D eigenvalue weighted by Crippen LogP contribution is 2.42. The van der Waals surface area contributed by atoms with Crippen molar-refractivity contribution in [2.75, 3.05) is 0 Å². The average Bonchev–Trinajstić information content (AvgIpc) is 2.89. The summed E-state index contributed by atoms with van der Waals surface area (Å²) in [4.78, 5) is 4.60. The van der Waals surface area contributed by atoms with Crippen LogP contribution in [0, 0.1) is 0 Å². The molecule has 0 aromatic heterocycles. The molecule has 0 radical (unpaired) electrons. The summed E-state index contributed by atoms with van der Waals surface area (Å²) in [5, 5.41) is 0. The second-order valence-corrected chi connectivity index (χ2v) is 9.60. The maximum Gasteiger partial charge on any atom is 0.141 e. The zero-order chi connectivity index (χ0) is 23.0. The monoisotopic (exact) mass is 478 g/mol. The van der Waals surface area contributed by atoms with Gasteiger partial charge in [-0.15, -0.1) is 0 Å². The first-order valence-electron chi connectivity index (χ1n) is 10.9. The molecule has 0 saturated heterocycles. The summed E-state index contributed by atoms with van der Waals surface area (Å²) in [6.07, 6.45) is 0. The van der Waals surface area contributed by atoms with E-state index >= 15 is 0 Å². The van der Waals surface area contributed by atoms with Gasteiger partial charge in [0.15, 0.2) is 0 Å². The summed E-state index contributed by atoms with van der Waals surface area (Å²) < 4.78 is 12.1. The van der Waals surface area contributed by atoms with E-state index in [9.17, 15) is 0 Å². The fraction of sp³-hybridized carbons (Fsp3) is 0. The normalized spacial score (nSPS) is 10.6. The number of hydrogen-bond acceptors (Lipinski definition) is 4. The quantitative estimate of drug-likeness (QED) is 0.221. The maximum absolute atomic E-state index is 6.16. The van der Waals surface area contributed by atoms with E-state index in [1.54, 1.807) is 23.5 Å². The molecule has 0 atom stereocenters. The molecule has 0 bridgehead atoms. The van der Waals surface area contributed by atoms with Crippen molar-refractivity contribution in [2.45, 2.75) is 19.6 Å². The molecular formula is C30H22O2S2. The smallest absolute Gasteiger partial charge is 0.141 e. The Balaban J connectivity index is 1.32. The Morgan fingerprint density at radius 3 is 1.47 bits per heavy atom. The molecule has 5 aromatic rings. The Kier molecular flexibility index (Phi) is 7.19. The maximum atomic E-state index is 6.16. The lowest BCUT2D eigenvalue weighted by Crippen LogP contribution is -1.87. The molecule has 0 amide bonds. The molecule has 0 unspecified atom stereocenters. The number of ether oxygens (including phenoxy) is 2. The van der Waals surface area contributed by atoms with Crippen molar-refractivity contribution < 1.29 is 9.47 Å². The second-order valence-electron chi connectivity index (χ2n) is 7.40. The fourth-order valence-corrected chi connectivity index (χ4v) is 5.30. The van der Waals surface area contributed by atoms with Gasteiger partial charge < -0.3 is 9.47 Å². The van der Waals surface area contributed by atoms with Crippen LogP contribution in [-0.2, 0) is 0 Å². The molecule has 0 saturated carbocycles. The van der Waals surface area contributed by atoms with Crippen LogP contribution in [-0.4, -0.2) is 0 Å². The summed E-state index contributed by atoms with van der Waals surface area (Å²) in [7, 11) is 0. The average molecular weight is 479 g/mol. The highest BCUT2D eigenvalue weighted by atomic mass is 32.2. The fourth-order valence-electron chi connectivity index (χ4n) is 3.30. The van der Waals surface area contributed by atoms with Crippen LogP contribution in [0.15, 0.2) is 153 Å². The first-order chi connectivity index (χ1) is 16.8. The molecule has 0 N–H and O–H groups in total. The molecule has 166 valence electrons. The zero-order valence-corrected chi connectivity index (χ0v) is 20.0. The van der Waals surface area contributed by atoms with Crippen molar-refractivity contribution in [3.05, 3.63) is 133 Å². The van der Waals surface area contributed by atoms with Crippen LogP contribution in [0.3, 0.4) is 0 Å². The van der Waals surface area contributed by atoms with Crippen molar-refractivity contribution in [2.24, 2.45) is 0 Å². The van der Waals surface area contributed by atoms with Crippen LogP contribution in [0.4, 0.5) is 0 Å². The molecule has 0 heterocycles. The van der Waals surface area contributed by atoms with Crippen LogP contribution in [0.2, 0.25) is 0 Å². The van der Waals surface area contributed by atoms with Gasteiger partial charge in [0, 0.05) is 14.7 Å². The minimum atomic E-state index is 0.824. The summed E-state index contributed by atoms with van der Waals surface area (Å²) in [5.41, 5.74) is 0. The van der Waals surface area contributed by atoms with Crippen molar-refractivity contribution in [3.8, 4) is 23.0 Å². The summed E-state index contributed by atoms with van der Waals surface area (Å²) in [6.45, 7) is 0. The zero-order valence-electron chi connectivity index (χ0n) is 18.3. The van der Waals surface area contributed by atoms with Gasteiger partial charge in [0.25, 0.3) is 0 Å². The van der Waals surface area contributed by atoms with Crippen LogP contribution in [0.5, 0.6) is 23.0 Å². The Morgan fingerprint density at radius 1 is 0.353 bits per heavy atom. The highest BCUT2D eigenvalue weighted by Gasteiger charge is 2.11. The number of hydrogen-bond donors (Lipinski definition) is 0. The topological polar surface area (TPSA) is 18.5 Å². The van der Waals surface area contributed by atoms with Crippen molar-refractivity contribution in [3.63, 3.8) is 0 Å². The molecule has 0 aliphatic heterocycles. The van der Waals surface area contributed by atoms with Crippen LogP contribution in [0.25, 0.3) is 0 Å². The van der Waals surface area contributed by atoms with E-state index in [1.807, 2.05) is 91.0 Å². The molecule has 0 fully saturated rings. The lowest BCUT2D eigenvalue weighted by molar-refractivity contribution is 0.471. The van der Waals surface area contributed by atoms with Gasteiger partial charge in [-0.1, -0.05) is 84.2 Å². The molecule has 0 aliphatic carbocycles. The summed E-state index contributed by atoms with van der Waals surface area (Å²) in [5.74, 6) is 3.34. The van der Waals surface area contributed by atoms with E-state index in [0.29, 0.717) is 0 Å². The van der Waals surface area contributed by atoms with Crippen LogP contribution >= 0.6 is 23.5 Å². The van der Waals surface area contributed by atoms with E-state index in [2.05, 4.69) is 42.5 Å². The molecule has 4 heteroatoms. The molecule has 2 nitrogen and oxygen atoms in total. The minimum absolute atomic E-state index is 0.824. The Labute approximate surface area is 208 Å². The lowest BCUT2D eigenvalue weighted by Gasteiger charge is -2.13. The molecule has 5 rings (SSSR count). The van der Waals surface area contributed by atoms with E-state index in [4.69, 9.17) is 9.47 Å². The van der Waals surface area contributed by atoms with Crippen LogP contribution in [0.1, 0.15) is 0 Å². The third kappa shape index (κ3) is 5.84. The molecule has 0 aliphatic rings. The van der Waals surface area contributed by atoms with E-state index in [0.717, 1.165) is 32.8 Å². The third-order valence-corrected chi connectivity index (χ3v) is 7.27. The van der Waals surface area contributed by atoms with Gasteiger partial charge in [0.2, 0.25) is 0 Å². The van der Waals surface area contributed by atoms with Crippen LogP contribution < -0.4 is 9.47 Å². The predicted octanol–water partition coefficient (Wildman–Crippen LogP) is 9.57. The molecule has 0 spiro atoms. The summed E-state index contributed by atoms with van der Waals surface area (Å²) in [6, 6.07) is 44.5. The largest absolute Gasteiger partial charge is 0.457 e. The first-order valence-corrected chi connectivity index (χ1v) is 12.6. The van der Waals surface area contributed by atoms with Crippen molar-refractivity contribution in [1.82, 2.24) is 0 Å². The van der Waals surface area contributed by atoms with Gasteiger partial charge in [-0.2, -0.15) is 0 Å². The predicted molar refractivity (Wildman–Crippen MR) is 141 cm³/mol. The Bertz CT molecular complexity index is 1340. The molecule has 34 heavy (non-hydrogen) atoms. The molecular weight excluding hydrogens is 456 g/mol. The summed E-state index contributed by atoms with van der Waals surface area (Å²) >= 11 is 3.45. The SMILES string of the molecule is c1ccc(Oc2ccc(Sc3ccccc3Sc3ccccc3Oc3ccccc3)cc2)cc1. The Hall–Kier alpha value is -3.60. The van der Waals surface area contributed by atoms with Crippen molar-refractivity contribution >= 4 is 23.5 Å². The first kappa shape index (κ1) is 22.2. The Morgan fingerprint density at radius 2 is 0.824 bits per heavy atom. The van der Waals surface area contributed by atoms with Gasteiger partial charge in [-0.25, -0.2) is 0 Å². The van der Waals surface area contributed by atoms with E-state index in [1.165, 1.54) is 9.79 Å². The third-order valence-electron chi connectivity index (χ3n) is 4.92. The number of benzene rings is 5. The lowest BCUT2D eigenvalue weighted by atomic mass is 10.3. The van der Waals surface area contributed by atoms with Crippen molar-refractivity contribution in [1.29, 1.82) is 0 Å². The van der Waals surface area contributed by atoms with Gasteiger partial charge in [0.05, 0.1) is 4.90 Å².